The Morgan fingerprint density at radius 1 is 1.55 bits per heavy atom. The molecule has 20 heavy (non-hydrogen) atoms. The fraction of sp³-hybridized carbons (Fsp3) is 0.154. The maximum Gasteiger partial charge on any atom is 0.356 e. The Kier molecular flexibility index (Phi) is 3.27. The molecule has 5 nitrogen and oxygen atoms in total. The van der Waals surface area contributed by atoms with Gasteiger partial charge in [0.25, 0.3) is 0 Å². The summed E-state index contributed by atoms with van der Waals surface area (Å²) in [6.07, 6.45) is 3.60. The predicted molar refractivity (Wildman–Crippen MR) is 80.4 cm³/mol. The zero-order valence-corrected chi connectivity index (χ0v) is 12.0. The van der Waals surface area contributed by atoms with Crippen molar-refractivity contribution in [2.45, 2.75) is 6.92 Å². The SMILES string of the molecule is Bc1ncccc1-c1cn2c(C(=O)OCC)csc2n1. The number of fused-ring (bicyclic) bond motifs is 1. The first-order valence-corrected chi connectivity index (χ1v) is 7.14. The van der Waals surface area contributed by atoms with Crippen LogP contribution < -0.4 is 5.59 Å². The highest BCUT2D eigenvalue weighted by Gasteiger charge is 2.16. The predicted octanol–water partition coefficient (Wildman–Crippen LogP) is 0.893. The van der Waals surface area contributed by atoms with Crippen LogP contribution in [0.15, 0.2) is 29.9 Å². The summed E-state index contributed by atoms with van der Waals surface area (Å²) in [5, 5.41) is 1.76. The first-order chi connectivity index (χ1) is 9.70. The molecular formula is C13H12BN3O2S. The second-order valence-electron chi connectivity index (χ2n) is 4.26. The van der Waals surface area contributed by atoms with Gasteiger partial charge in [-0.3, -0.25) is 9.38 Å². The van der Waals surface area contributed by atoms with E-state index in [9.17, 15) is 4.79 Å². The lowest BCUT2D eigenvalue weighted by molar-refractivity contribution is 0.0518. The quantitative estimate of drug-likeness (QED) is 0.530. The van der Waals surface area contributed by atoms with Gasteiger partial charge in [0.05, 0.1) is 12.3 Å². The maximum absolute atomic E-state index is 11.9. The molecular weight excluding hydrogens is 273 g/mol. The molecule has 0 spiro atoms. The summed E-state index contributed by atoms with van der Waals surface area (Å²) in [6, 6.07) is 3.85. The molecule has 3 aromatic rings. The van der Waals surface area contributed by atoms with E-state index >= 15 is 0 Å². The van der Waals surface area contributed by atoms with Crippen molar-refractivity contribution in [2.75, 3.05) is 6.61 Å². The van der Waals surface area contributed by atoms with Crippen molar-refractivity contribution in [1.29, 1.82) is 0 Å². The molecule has 7 heteroatoms. The summed E-state index contributed by atoms with van der Waals surface area (Å²) in [5.41, 5.74) is 3.20. The van der Waals surface area contributed by atoms with Crippen molar-refractivity contribution in [3.05, 3.63) is 35.6 Å². The Balaban J connectivity index is 2.08. The van der Waals surface area contributed by atoms with Crippen molar-refractivity contribution in [1.82, 2.24) is 14.4 Å². The lowest BCUT2D eigenvalue weighted by atomic mass is 9.96. The van der Waals surface area contributed by atoms with Gasteiger partial charge in [0, 0.05) is 28.9 Å². The smallest absolute Gasteiger partial charge is 0.356 e. The Bertz CT molecular complexity index is 781. The van der Waals surface area contributed by atoms with Gasteiger partial charge < -0.3 is 4.74 Å². The van der Waals surface area contributed by atoms with Gasteiger partial charge in [-0.1, -0.05) is 6.07 Å². The van der Waals surface area contributed by atoms with Crippen LogP contribution >= 0.6 is 11.3 Å². The molecule has 0 aliphatic carbocycles. The minimum absolute atomic E-state index is 0.328. The van der Waals surface area contributed by atoms with E-state index in [4.69, 9.17) is 4.74 Å². The number of aromatic nitrogens is 3. The molecule has 0 unspecified atom stereocenters. The summed E-state index contributed by atoms with van der Waals surface area (Å²) in [4.78, 5) is 21.4. The molecule has 3 heterocycles. The van der Waals surface area contributed by atoms with E-state index in [0.29, 0.717) is 12.3 Å². The molecule has 0 aliphatic heterocycles. The van der Waals surface area contributed by atoms with E-state index in [0.717, 1.165) is 21.8 Å². The van der Waals surface area contributed by atoms with Crippen molar-refractivity contribution >= 4 is 35.7 Å². The van der Waals surface area contributed by atoms with Gasteiger partial charge in [0.15, 0.2) is 12.8 Å². The van der Waals surface area contributed by atoms with E-state index in [1.165, 1.54) is 11.3 Å². The molecule has 0 amide bonds. The lowest BCUT2D eigenvalue weighted by Crippen LogP contribution is -2.10. The molecule has 0 fully saturated rings. The molecule has 0 atom stereocenters. The molecule has 3 aromatic heterocycles. The number of ether oxygens (including phenoxy) is 1. The van der Waals surface area contributed by atoms with Crippen molar-refractivity contribution in [2.24, 2.45) is 0 Å². The summed E-state index contributed by atoms with van der Waals surface area (Å²) in [7, 11) is 1.94. The van der Waals surface area contributed by atoms with Crippen molar-refractivity contribution < 1.29 is 9.53 Å². The van der Waals surface area contributed by atoms with Crippen LogP contribution in [0.4, 0.5) is 0 Å². The number of imidazole rings is 1. The first-order valence-electron chi connectivity index (χ1n) is 6.26. The van der Waals surface area contributed by atoms with Gasteiger partial charge in [0.1, 0.15) is 5.69 Å². The van der Waals surface area contributed by atoms with E-state index < -0.39 is 0 Å². The fourth-order valence-corrected chi connectivity index (χ4v) is 2.86. The van der Waals surface area contributed by atoms with Crippen molar-refractivity contribution in [3.8, 4) is 11.3 Å². The molecule has 100 valence electrons. The zero-order chi connectivity index (χ0) is 14.1. The van der Waals surface area contributed by atoms with Gasteiger partial charge in [0.2, 0.25) is 0 Å². The van der Waals surface area contributed by atoms with Crippen LogP contribution in [0.25, 0.3) is 16.2 Å². The monoisotopic (exact) mass is 285 g/mol. The number of hydrogen-bond donors (Lipinski definition) is 0. The molecule has 0 radical (unpaired) electrons. The Morgan fingerprint density at radius 3 is 3.15 bits per heavy atom. The number of hydrogen-bond acceptors (Lipinski definition) is 5. The number of pyridine rings is 1. The van der Waals surface area contributed by atoms with Crippen LogP contribution in [-0.2, 0) is 4.74 Å². The van der Waals surface area contributed by atoms with Crippen LogP contribution in [0.5, 0.6) is 0 Å². The Morgan fingerprint density at radius 2 is 2.40 bits per heavy atom. The average molecular weight is 285 g/mol. The molecule has 0 bridgehead atoms. The summed E-state index contributed by atoms with van der Waals surface area (Å²) >= 11 is 1.42. The lowest BCUT2D eigenvalue weighted by Gasteiger charge is -2.00. The largest absolute Gasteiger partial charge is 0.461 e. The summed E-state index contributed by atoms with van der Waals surface area (Å²) in [5.74, 6) is -0.328. The number of esters is 1. The normalized spacial score (nSPS) is 10.8. The van der Waals surface area contributed by atoms with Crippen LogP contribution in [-0.4, -0.2) is 34.8 Å². The van der Waals surface area contributed by atoms with Gasteiger partial charge in [-0.15, -0.1) is 11.3 Å². The van der Waals surface area contributed by atoms with Crippen LogP contribution in [0.2, 0.25) is 0 Å². The Hall–Kier alpha value is -2.15. The highest BCUT2D eigenvalue weighted by molar-refractivity contribution is 7.15. The highest BCUT2D eigenvalue weighted by Crippen LogP contribution is 2.22. The van der Waals surface area contributed by atoms with Gasteiger partial charge >= 0.3 is 5.97 Å². The molecule has 0 N–H and O–H groups in total. The third-order valence-corrected chi connectivity index (χ3v) is 3.82. The van der Waals surface area contributed by atoms with E-state index in [1.807, 2.05) is 26.2 Å². The summed E-state index contributed by atoms with van der Waals surface area (Å²) < 4.78 is 6.81. The standard InChI is InChI=1S/C13H12BN3O2S/c1-2-19-12(18)10-7-20-13-16-9(6-17(10)13)8-4-3-5-15-11(8)14/h3-7H,2,14H2,1H3. The van der Waals surface area contributed by atoms with Crippen LogP contribution in [0.3, 0.4) is 0 Å². The Labute approximate surface area is 120 Å². The molecule has 0 aliphatic rings. The minimum atomic E-state index is -0.328. The molecule has 0 saturated carbocycles. The third kappa shape index (κ3) is 2.10. The topological polar surface area (TPSA) is 56.5 Å². The second kappa shape index (κ2) is 5.09. The number of nitrogens with zero attached hydrogens (tertiary/aromatic N) is 3. The maximum atomic E-state index is 11.9. The minimum Gasteiger partial charge on any atom is -0.461 e. The van der Waals surface area contributed by atoms with E-state index in [-0.39, 0.29) is 5.97 Å². The average Bonchev–Trinajstić information content (AvgIpc) is 2.99. The van der Waals surface area contributed by atoms with Gasteiger partial charge in [-0.05, 0) is 13.0 Å². The van der Waals surface area contributed by atoms with Crippen LogP contribution in [0.1, 0.15) is 17.4 Å². The second-order valence-corrected chi connectivity index (χ2v) is 5.09. The zero-order valence-electron chi connectivity index (χ0n) is 11.2. The third-order valence-electron chi connectivity index (χ3n) is 2.98. The van der Waals surface area contributed by atoms with Gasteiger partial charge in [-0.2, -0.15) is 0 Å². The summed E-state index contributed by atoms with van der Waals surface area (Å²) in [6.45, 7) is 2.15. The fourth-order valence-electron chi connectivity index (χ4n) is 2.02. The molecule has 0 saturated heterocycles. The molecule has 0 aromatic carbocycles. The van der Waals surface area contributed by atoms with E-state index in [2.05, 4.69) is 9.97 Å². The van der Waals surface area contributed by atoms with Crippen LogP contribution in [0, 0.1) is 0 Å². The number of rotatable bonds is 3. The number of carbonyl (C=O) groups is 1. The number of thiazole rings is 1. The van der Waals surface area contributed by atoms with Gasteiger partial charge in [-0.25, -0.2) is 9.78 Å². The highest BCUT2D eigenvalue weighted by atomic mass is 32.1. The molecule has 3 rings (SSSR count). The van der Waals surface area contributed by atoms with Crippen molar-refractivity contribution in [3.63, 3.8) is 0 Å². The first kappa shape index (κ1) is 12.9. The number of carbonyl (C=O) groups excluding carboxylic acids is 1. The van der Waals surface area contributed by atoms with E-state index in [1.54, 1.807) is 22.9 Å².